The number of rotatable bonds is 3. The van der Waals surface area contributed by atoms with Gasteiger partial charge in [-0.3, -0.25) is 4.57 Å². The zero-order valence-corrected chi connectivity index (χ0v) is 12.6. The number of fused-ring (bicyclic) bond motifs is 1. The number of hydrogen-bond donors (Lipinski definition) is 1. The Balaban J connectivity index is 2.30. The summed E-state index contributed by atoms with van der Waals surface area (Å²) < 4.78 is 8.49. The first kappa shape index (κ1) is 13.0. The van der Waals surface area contributed by atoms with Gasteiger partial charge in [-0.05, 0) is 47.1 Å². The zero-order chi connectivity index (χ0) is 14.1. The maximum absolute atomic E-state index is 6.09. The Labute approximate surface area is 125 Å². The largest absolute Gasteiger partial charge is 0.492 e. The number of anilines is 1. The Kier molecular flexibility index (Phi) is 3.36. The maximum Gasteiger partial charge on any atom is 0.206 e. The molecule has 20 heavy (non-hydrogen) atoms. The molecule has 102 valence electrons. The predicted octanol–water partition coefficient (Wildman–Crippen LogP) is 3.77. The van der Waals surface area contributed by atoms with Crippen LogP contribution in [0.2, 0.25) is 0 Å². The van der Waals surface area contributed by atoms with Crippen molar-refractivity contribution in [3.8, 4) is 11.4 Å². The molecule has 2 aromatic carbocycles. The molecule has 0 aliphatic rings. The van der Waals surface area contributed by atoms with Crippen molar-refractivity contribution in [1.82, 2.24) is 9.55 Å². The van der Waals surface area contributed by atoms with Gasteiger partial charge < -0.3 is 10.5 Å². The Morgan fingerprint density at radius 2 is 2.00 bits per heavy atom. The molecule has 0 spiro atoms. The van der Waals surface area contributed by atoms with Crippen LogP contribution in [0.1, 0.15) is 6.92 Å². The van der Waals surface area contributed by atoms with Gasteiger partial charge in [0.05, 0.1) is 17.8 Å². The van der Waals surface area contributed by atoms with Gasteiger partial charge in [-0.2, -0.15) is 0 Å². The van der Waals surface area contributed by atoms with Crippen LogP contribution in [-0.4, -0.2) is 16.2 Å². The summed E-state index contributed by atoms with van der Waals surface area (Å²) >= 11 is 3.55. The van der Waals surface area contributed by atoms with Gasteiger partial charge in [-0.1, -0.05) is 18.2 Å². The van der Waals surface area contributed by atoms with E-state index in [0.717, 1.165) is 26.9 Å². The van der Waals surface area contributed by atoms with Crippen LogP contribution in [-0.2, 0) is 0 Å². The third-order valence-corrected chi connectivity index (χ3v) is 3.74. The number of ether oxygens (including phenoxy) is 1. The molecule has 0 fully saturated rings. The van der Waals surface area contributed by atoms with Crippen molar-refractivity contribution < 1.29 is 4.74 Å². The Hall–Kier alpha value is -2.01. The van der Waals surface area contributed by atoms with Crippen LogP contribution < -0.4 is 10.5 Å². The minimum atomic E-state index is 0.444. The number of nitrogens with zero attached hydrogens (tertiary/aromatic N) is 2. The van der Waals surface area contributed by atoms with Crippen molar-refractivity contribution in [3.63, 3.8) is 0 Å². The molecule has 1 aromatic heterocycles. The normalized spacial score (nSPS) is 10.9. The van der Waals surface area contributed by atoms with E-state index in [4.69, 9.17) is 10.5 Å². The molecule has 0 unspecified atom stereocenters. The lowest BCUT2D eigenvalue weighted by Gasteiger charge is -2.09. The van der Waals surface area contributed by atoms with Gasteiger partial charge in [-0.25, -0.2) is 4.98 Å². The molecule has 0 aliphatic heterocycles. The number of imidazole rings is 1. The average Bonchev–Trinajstić information content (AvgIpc) is 2.77. The lowest BCUT2D eigenvalue weighted by atomic mass is 10.2. The summed E-state index contributed by atoms with van der Waals surface area (Å²) in [5, 5.41) is 0. The molecule has 3 rings (SSSR count). The summed E-state index contributed by atoms with van der Waals surface area (Å²) in [6.07, 6.45) is 0. The van der Waals surface area contributed by atoms with E-state index in [-0.39, 0.29) is 0 Å². The summed E-state index contributed by atoms with van der Waals surface area (Å²) in [7, 11) is 0. The molecular formula is C15H14BrN3O. The number of nitrogens with two attached hydrogens (primary N) is 1. The van der Waals surface area contributed by atoms with Crippen LogP contribution in [0, 0.1) is 0 Å². The highest BCUT2D eigenvalue weighted by Gasteiger charge is 2.14. The first-order valence-electron chi connectivity index (χ1n) is 6.37. The van der Waals surface area contributed by atoms with Crippen LogP contribution in [0.25, 0.3) is 16.7 Å². The fourth-order valence-electron chi connectivity index (χ4n) is 2.25. The molecule has 0 saturated heterocycles. The monoisotopic (exact) mass is 331 g/mol. The quantitative estimate of drug-likeness (QED) is 0.794. The molecule has 1 heterocycles. The van der Waals surface area contributed by atoms with Crippen molar-refractivity contribution in [3.05, 3.63) is 46.9 Å². The van der Waals surface area contributed by atoms with Crippen LogP contribution >= 0.6 is 15.9 Å². The second-order valence-electron chi connectivity index (χ2n) is 4.31. The molecular weight excluding hydrogens is 318 g/mol. The number of benzene rings is 2. The van der Waals surface area contributed by atoms with Crippen molar-refractivity contribution in [1.29, 1.82) is 0 Å². The fourth-order valence-corrected chi connectivity index (χ4v) is 2.71. The van der Waals surface area contributed by atoms with Crippen LogP contribution in [0.4, 0.5) is 5.95 Å². The number of para-hydroxylation sites is 2. The van der Waals surface area contributed by atoms with E-state index in [1.165, 1.54) is 0 Å². The molecule has 4 nitrogen and oxygen atoms in total. The van der Waals surface area contributed by atoms with Crippen molar-refractivity contribution in [2.75, 3.05) is 12.3 Å². The van der Waals surface area contributed by atoms with Crippen LogP contribution in [0.15, 0.2) is 46.9 Å². The second kappa shape index (κ2) is 5.17. The standard InChI is InChI=1S/C15H14BrN3O/c1-2-20-13-9-5-8-12-14(13)18-15(17)19(12)11-7-4-3-6-10(11)16/h3-9H,2H2,1H3,(H2,17,18). The van der Waals surface area contributed by atoms with E-state index >= 15 is 0 Å². The van der Waals surface area contributed by atoms with E-state index in [9.17, 15) is 0 Å². The maximum atomic E-state index is 6.09. The van der Waals surface area contributed by atoms with E-state index in [1.807, 2.05) is 54.0 Å². The summed E-state index contributed by atoms with van der Waals surface area (Å²) in [6, 6.07) is 13.7. The Morgan fingerprint density at radius 1 is 1.20 bits per heavy atom. The topological polar surface area (TPSA) is 53.1 Å². The Morgan fingerprint density at radius 3 is 2.75 bits per heavy atom. The molecule has 0 atom stereocenters. The number of hydrogen-bond acceptors (Lipinski definition) is 3. The van der Waals surface area contributed by atoms with E-state index in [1.54, 1.807) is 0 Å². The summed E-state index contributed by atoms with van der Waals surface area (Å²) in [5.41, 5.74) is 8.77. The van der Waals surface area contributed by atoms with Gasteiger partial charge in [-0.15, -0.1) is 0 Å². The smallest absolute Gasteiger partial charge is 0.206 e. The molecule has 0 bridgehead atoms. The molecule has 0 amide bonds. The van der Waals surface area contributed by atoms with Crippen LogP contribution in [0.5, 0.6) is 5.75 Å². The fraction of sp³-hybridized carbons (Fsp3) is 0.133. The van der Waals surface area contributed by atoms with Gasteiger partial charge in [0.25, 0.3) is 0 Å². The van der Waals surface area contributed by atoms with E-state index < -0.39 is 0 Å². The average molecular weight is 332 g/mol. The van der Waals surface area contributed by atoms with Crippen molar-refractivity contribution >= 4 is 32.9 Å². The molecule has 0 aliphatic carbocycles. The summed E-state index contributed by atoms with van der Waals surface area (Å²) in [6.45, 7) is 2.55. The lowest BCUT2D eigenvalue weighted by molar-refractivity contribution is 0.344. The zero-order valence-electron chi connectivity index (χ0n) is 11.0. The molecule has 0 saturated carbocycles. The number of halogens is 1. The Bertz CT molecular complexity index is 767. The van der Waals surface area contributed by atoms with E-state index in [2.05, 4.69) is 20.9 Å². The van der Waals surface area contributed by atoms with Crippen molar-refractivity contribution in [2.45, 2.75) is 6.92 Å². The summed E-state index contributed by atoms with van der Waals surface area (Å²) in [4.78, 5) is 4.44. The van der Waals surface area contributed by atoms with Crippen molar-refractivity contribution in [2.24, 2.45) is 0 Å². The first-order valence-corrected chi connectivity index (χ1v) is 7.16. The molecule has 2 N–H and O–H groups in total. The highest BCUT2D eigenvalue weighted by Crippen LogP contribution is 2.32. The highest BCUT2D eigenvalue weighted by molar-refractivity contribution is 9.10. The van der Waals surface area contributed by atoms with Crippen LogP contribution in [0.3, 0.4) is 0 Å². The molecule has 5 heteroatoms. The second-order valence-corrected chi connectivity index (χ2v) is 5.17. The molecule has 0 radical (unpaired) electrons. The lowest BCUT2D eigenvalue weighted by Crippen LogP contribution is -2.01. The minimum absolute atomic E-state index is 0.444. The molecule has 3 aromatic rings. The van der Waals surface area contributed by atoms with Gasteiger partial charge in [0.15, 0.2) is 0 Å². The van der Waals surface area contributed by atoms with Gasteiger partial charge in [0.2, 0.25) is 5.95 Å². The summed E-state index contributed by atoms with van der Waals surface area (Å²) in [5.74, 6) is 1.20. The van der Waals surface area contributed by atoms with Gasteiger partial charge in [0, 0.05) is 4.47 Å². The third-order valence-electron chi connectivity index (χ3n) is 3.07. The van der Waals surface area contributed by atoms with E-state index in [0.29, 0.717) is 12.6 Å². The predicted molar refractivity (Wildman–Crippen MR) is 84.4 cm³/mol. The minimum Gasteiger partial charge on any atom is -0.492 e. The first-order chi connectivity index (χ1) is 9.72. The highest BCUT2D eigenvalue weighted by atomic mass is 79.9. The SMILES string of the molecule is CCOc1cccc2c1nc(N)n2-c1ccccc1Br. The third kappa shape index (κ3) is 2.04. The number of aromatic nitrogens is 2. The van der Waals surface area contributed by atoms with Gasteiger partial charge in [0.1, 0.15) is 11.3 Å². The number of nitrogen functional groups attached to an aromatic ring is 1. The van der Waals surface area contributed by atoms with Gasteiger partial charge >= 0.3 is 0 Å².